The van der Waals surface area contributed by atoms with Crippen molar-refractivity contribution in [2.45, 2.75) is 6.18 Å². The lowest BCUT2D eigenvalue weighted by Crippen LogP contribution is -2.20. The summed E-state index contributed by atoms with van der Waals surface area (Å²) in [5.41, 5.74) is -0.800. The average molecular weight is 374 g/mol. The number of alkyl halides is 3. The summed E-state index contributed by atoms with van der Waals surface area (Å²) in [5, 5.41) is 2.37. The lowest BCUT2D eigenvalue weighted by atomic mass is 10.2. The van der Waals surface area contributed by atoms with Gasteiger partial charge in [0.15, 0.2) is 6.61 Å². The predicted molar refractivity (Wildman–Crippen MR) is 79.7 cm³/mol. The molecule has 0 radical (unpaired) electrons. The molecular weight excluding hydrogens is 363 g/mol. The van der Waals surface area contributed by atoms with Crippen LogP contribution in [0.5, 0.6) is 5.75 Å². The Morgan fingerprint density at radius 1 is 1.14 bits per heavy atom. The molecule has 0 bridgehead atoms. The lowest BCUT2D eigenvalue weighted by Gasteiger charge is -2.12. The number of ether oxygens (including phenoxy) is 1. The van der Waals surface area contributed by atoms with Crippen LogP contribution in [0.4, 0.5) is 18.9 Å². The fourth-order valence-corrected chi connectivity index (χ4v) is 2.15. The average Bonchev–Trinajstić information content (AvgIpc) is 2.47. The van der Waals surface area contributed by atoms with Crippen LogP contribution in [0, 0.1) is 0 Å². The highest BCUT2D eigenvalue weighted by Gasteiger charge is 2.33. The molecule has 2 rings (SSSR count). The van der Waals surface area contributed by atoms with Crippen molar-refractivity contribution in [1.29, 1.82) is 0 Å². The van der Waals surface area contributed by atoms with Crippen LogP contribution >= 0.6 is 15.9 Å². The van der Waals surface area contributed by atoms with Gasteiger partial charge in [-0.3, -0.25) is 4.79 Å². The molecule has 22 heavy (non-hydrogen) atoms. The van der Waals surface area contributed by atoms with E-state index < -0.39 is 17.6 Å². The van der Waals surface area contributed by atoms with Gasteiger partial charge in [-0.25, -0.2) is 0 Å². The van der Waals surface area contributed by atoms with Crippen molar-refractivity contribution in [3.05, 3.63) is 58.6 Å². The minimum Gasteiger partial charge on any atom is -0.484 e. The largest absolute Gasteiger partial charge is 0.484 e. The van der Waals surface area contributed by atoms with Crippen molar-refractivity contribution in [1.82, 2.24) is 0 Å². The molecule has 2 aromatic carbocycles. The number of carbonyl (C=O) groups excluding carboxylic acids is 1. The molecule has 0 heterocycles. The highest BCUT2D eigenvalue weighted by Crippen LogP contribution is 2.36. The Bertz CT molecular complexity index is 660. The molecular formula is C15H11BrF3NO2. The first-order valence-corrected chi connectivity index (χ1v) is 7.00. The van der Waals surface area contributed by atoms with Gasteiger partial charge < -0.3 is 10.1 Å². The molecule has 0 aliphatic carbocycles. The van der Waals surface area contributed by atoms with Gasteiger partial charge in [-0.2, -0.15) is 13.2 Å². The summed E-state index contributed by atoms with van der Waals surface area (Å²) in [7, 11) is 0. The number of anilines is 1. The first kappa shape index (κ1) is 16.4. The molecule has 0 aromatic heterocycles. The number of amides is 1. The van der Waals surface area contributed by atoms with Gasteiger partial charge in [0, 0.05) is 10.2 Å². The van der Waals surface area contributed by atoms with E-state index in [9.17, 15) is 18.0 Å². The van der Waals surface area contributed by atoms with Crippen LogP contribution < -0.4 is 10.1 Å². The van der Waals surface area contributed by atoms with Gasteiger partial charge in [-0.15, -0.1) is 0 Å². The number of rotatable bonds is 4. The van der Waals surface area contributed by atoms with Crippen LogP contribution in [0.2, 0.25) is 0 Å². The number of halogens is 4. The second kappa shape index (κ2) is 6.83. The van der Waals surface area contributed by atoms with E-state index in [2.05, 4.69) is 21.2 Å². The van der Waals surface area contributed by atoms with Crippen molar-refractivity contribution in [2.75, 3.05) is 11.9 Å². The number of hydrogen-bond acceptors (Lipinski definition) is 2. The smallest absolute Gasteiger partial charge is 0.417 e. The summed E-state index contributed by atoms with van der Waals surface area (Å²) in [6, 6.07) is 12.1. The number of benzene rings is 2. The summed E-state index contributed by atoms with van der Waals surface area (Å²) in [5.74, 6) is -0.0382. The minimum absolute atomic E-state index is 0.0530. The first-order valence-electron chi connectivity index (χ1n) is 6.21. The predicted octanol–water partition coefficient (Wildman–Crippen LogP) is 4.49. The van der Waals surface area contributed by atoms with Crippen LogP contribution in [-0.2, 0) is 11.0 Å². The van der Waals surface area contributed by atoms with Gasteiger partial charge in [0.05, 0.1) is 5.56 Å². The quantitative estimate of drug-likeness (QED) is 0.857. The lowest BCUT2D eigenvalue weighted by molar-refractivity contribution is -0.138. The monoisotopic (exact) mass is 373 g/mol. The van der Waals surface area contributed by atoms with Gasteiger partial charge in [-0.05, 0) is 30.3 Å². The highest BCUT2D eigenvalue weighted by atomic mass is 79.9. The van der Waals surface area contributed by atoms with Crippen LogP contribution in [0.15, 0.2) is 53.0 Å². The zero-order valence-corrected chi connectivity index (χ0v) is 12.7. The van der Waals surface area contributed by atoms with E-state index in [1.54, 1.807) is 30.3 Å². The van der Waals surface area contributed by atoms with Crippen LogP contribution in [0.3, 0.4) is 0 Å². The van der Waals surface area contributed by atoms with E-state index in [0.29, 0.717) is 5.75 Å². The SMILES string of the molecule is O=C(COc1ccccc1)Nc1ccc(Br)c(C(F)(F)F)c1. The molecule has 1 amide bonds. The molecule has 0 atom stereocenters. The molecule has 0 unspecified atom stereocenters. The zero-order valence-electron chi connectivity index (χ0n) is 11.2. The molecule has 2 aromatic rings. The van der Waals surface area contributed by atoms with E-state index in [0.717, 1.165) is 6.07 Å². The number of hydrogen-bond donors (Lipinski definition) is 1. The van der Waals surface area contributed by atoms with Crippen molar-refractivity contribution >= 4 is 27.5 Å². The van der Waals surface area contributed by atoms with Crippen molar-refractivity contribution in [3.8, 4) is 5.75 Å². The molecule has 0 aliphatic rings. The van der Waals surface area contributed by atoms with Crippen LogP contribution in [-0.4, -0.2) is 12.5 Å². The van der Waals surface area contributed by atoms with Gasteiger partial charge in [0.25, 0.3) is 5.91 Å². The third-order valence-electron chi connectivity index (χ3n) is 2.67. The molecule has 0 saturated carbocycles. The zero-order chi connectivity index (χ0) is 16.2. The van der Waals surface area contributed by atoms with Crippen molar-refractivity contribution < 1.29 is 22.7 Å². The molecule has 0 saturated heterocycles. The van der Waals surface area contributed by atoms with E-state index in [4.69, 9.17) is 4.74 Å². The maximum Gasteiger partial charge on any atom is 0.417 e. The molecule has 116 valence electrons. The Labute approximate surface area is 133 Å². The van der Waals surface area contributed by atoms with Gasteiger partial charge in [0.2, 0.25) is 0 Å². The summed E-state index contributed by atoms with van der Waals surface area (Å²) in [6.45, 7) is -0.290. The molecule has 7 heteroatoms. The van der Waals surface area contributed by atoms with E-state index in [1.165, 1.54) is 12.1 Å². The Hall–Kier alpha value is -2.02. The minimum atomic E-state index is -4.50. The summed E-state index contributed by atoms with van der Waals surface area (Å²) in [4.78, 5) is 11.7. The Balaban J connectivity index is 2.00. The number of nitrogens with one attached hydrogen (secondary N) is 1. The second-order valence-corrected chi connectivity index (χ2v) is 5.20. The third-order valence-corrected chi connectivity index (χ3v) is 3.36. The summed E-state index contributed by atoms with van der Waals surface area (Å²) >= 11 is 2.84. The van der Waals surface area contributed by atoms with E-state index >= 15 is 0 Å². The number of para-hydroxylation sites is 1. The molecule has 3 nitrogen and oxygen atoms in total. The van der Waals surface area contributed by atoms with Crippen LogP contribution in [0.25, 0.3) is 0 Å². The molecule has 0 fully saturated rings. The Kier molecular flexibility index (Phi) is 5.07. The van der Waals surface area contributed by atoms with E-state index in [-0.39, 0.29) is 16.8 Å². The highest BCUT2D eigenvalue weighted by molar-refractivity contribution is 9.10. The van der Waals surface area contributed by atoms with Gasteiger partial charge in [-0.1, -0.05) is 34.1 Å². The fraction of sp³-hybridized carbons (Fsp3) is 0.133. The molecule has 0 aliphatic heterocycles. The maximum absolute atomic E-state index is 12.8. The van der Waals surface area contributed by atoms with Gasteiger partial charge in [0.1, 0.15) is 5.75 Å². The maximum atomic E-state index is 12.8. The summed E-state index contributed by atoms with van der Waals surface area (Å²) in [6.07, 6.45) is -4.50. The second-order valence-electron chi connectivity index (χ2n) is 4.34. The summed E-state index contributed by atoms with van der Waals surface area (Å²) < 4.78 is 43.4. The topological polar surface area (TPSA) is 38.3 Å². The van der Waals surface area contributed by atoms with Crippen LogP contribution in [0.1, 0.15) is 5.56 Å². The van der Waals surface area contributed by atoms with Crippen molar-refractivity contribution in [2.24, 2.45) is 0 Å². The normalized spacial score (nSPS) is 11.1. The Morgan fingerprint density at radius 3 is 2.45 bits per heavy atom. The van der Waals surface area contributed by atoms with E-state index in [1.807, 2.05) is 0 Å². The molecule has 1 N–H and O–H groups in total. The molecule has 0 spiro atoms. The first-order chi connectivity index (χ1) is 10.4. The Morgan fingerprint density at radius 2 is 1.82 bits per heavy atom. The fourth-order valence-electron chi connectivity index (χ4n) is 1.68. The standard InChI is InChI=1S/C15H11BrF3NO2/c16-13-7-6-10(8-12(13)15(17,18)19)20-14(21)9-22-11-4-2-1-3-5-11/h1-8H,9H2,(H,20,21). The van der Waals surface area contributed by atoms with Gasteiger partial charge >= 0.3 is 6.18 Å². The number of carbonyl (C=O) groups is 1. The van der Waals surface area contributed by atoms with Crippen molar-refractivity contribution in [3.63, 3.8) is 0 Å². The third kappa shape index (κ3) is 4.49.